The van der Waals surface area contributed by atoms with Crippen molar-refractivity contribution < 1.29 is 19.7 Å². The Morgan fingerprint density at radius 1 is 1.15 bits per heavy atom. The molecule has 1 aliphatic heterocycles. The van der Waals surface area contributed by atoms with Crippen molar-refractivity contribution in [2.45, 2.75) is 46.8 Å². The van der Waals surface area contributed by atoms with Gasteiger partial charge in [0.15, 0.2) is 6.29 Å². The highest BCUT2D eigenvalue weighted by Crippen LogP contribution is 2.35. The second-order valence-electron chi connectivity index (χ2n) is 10.6. The Hall–Kier alpha value is -2.56. The van der Waals surface area contributed by atoms with E-state index in [4.69, 9.17) is 16.3 Å². The molecule has 39 heavy (non-hydrogen) atoms. The third-order valence-electron chi connectivity index (χ3n) is 6.96. The second kappa shape index (κ2) is 13.2. The van der Waals surface area contributed by atoms with Gasteiger partial charge in [-0.2, -0.15) is 0 Å². The molecule has 8 nitrogen and oxygen atoms in total. The fourth-order valence-corrected chi connectivity index (χ4v) is 5.94. The highest BCUT2D eigenvalue weighted by Gasteiger charge is 2.25. The molecule has 2 N–H and O–H groups in total. The number of ether oxygens (including phenoxy) is 1. The van der Waals surface area contributed by atoms with Gasteiger partial charge in [-0.1, -0.05) is 48.9 Å². The molecule has 0 bridgehead atoms. The summed E-state index contributed by atoms with van der Waals surface area (Å²) in [5.41, 5.74) is 3.39. The fourth-order valence-electron chi connectivity index (χ4n) is 4.89. The number of nitrogens with zero attached hydrogens (tertiary/aromatic N) is 4. The highest BCUT2D eigenvalue weighted by atomic mass is 35.5. The van der Waals surface area contributed by atoms with E-state index in [-0.39, 0.29) is 17.7 Å². The van der Waals surface area contributed by atoms with Gasteiger partial charge < -0.3 is 14.9 Å². The first-order valence-electron chi connectivity index (χ1n) is 13.4. The molecule has 1 aliphatic rings. The average Bonchev–Trinajstić information content (AvgIpc) is 3.39. The molecule has 2 heterocycles. The third-order valence-corrected chi connectivity index (χ3v) is 8.28. The van der Waals surface area contributed by atoms with Crippen LogP contribution in [0.1, 0.15) is 48.2 Å². The topological polar surface area (TPSA) is 99.0 Å². The summed E-state index contributed by atoms with van der Waals surface area (Å²) in [7, 11) is 0. The number of rotatable bonds is 10. The van der Waals surface area contributed by atoms with Gasteiger partial charge in [0.25, 0.3) is 5.91 Å². The van der Waals surface area contributed by atoms with Gasteiger partial charge in [-0.25, -0.2) is 0 Å². The molecule has 1 fully saturated rings. The molecule has 210 valence electrons. The molecule has 1 amide bonds. The summed E-state index contributed by atoms with van der Waals surface area (Å²) in [5.74, 6) is 0.869. The Labute approximate surface area is 239 Å². The number of benzene rings is 2. The van der Waals surface area contributed by atoms with Gasteiger partial charge in [0.2, 0.25) is 5.13 Å². The van der Waals surface area contributed by atoms with Crippen molar-refractivity contribution >= 4 is 34.0 Å². The van der Waals surface area contributed by atoms with E-state index in [1.54, 1.807) is 29.2 Å². The number of amides is 1. The molecule has 0 saturated carbocycles. The standard InChI is InChI=1S/C29H37ClN4O4S/c1-18(2)17-34(27(35)23-7-5-6-8-24(23)30)29-32-31-26(39-29)22-15-19(3)25(20(4)16-22)38-14-13-33-11-9-21(10-12-33)28(36)37/h5-8,15-16,18,21,28,36-37H,9-14,17H2,1-4H3. The van der Waals surface area contributed by atoms with E-state index in [9.17, 15) is 15.0 Å². The summed E-state index contributed by atoms with van der Waals surface area (Å²) in [5, 5.41) is 29.3. The van der Waals surface area contributed by atoms with Gasteiger partial charge in [0.05, 0.1) is 10.6 Å². The SMILES string of the molecule is Cc1cc(-c2nnc(N(CC(C)C)C(=O)c3ccccc3Cl)s2)cc(C)c1OCCN1CCC(C(O)O)CC1. The lowest BCUT2D eigenvalue weighted by Gasteiger charge is -2.32. The van der Waals surface area contributed by atoms with Gasteiger partial charge in [0, 0.05) is 24.6 Å². The van der Waals surface area contributed by atoms with Crippen molar-refractivity contribution in [2.24, 2.45) is 11.8 Å². The number of aliphatic hydroxyl groups is 2. The molecule has 0 aliphatic carbocycles. The van der Waals surface area contributed by atoms with Gasteiger partial charge in [-0.15, -0.1) is 10.2 Å². The molecule has 4 rings (SSSR count). The second-order valence-corrected chi connectivity index (χ2v) is 11.9. The van der Waals surface area contributed by atoms with Crippen molar-refractivity contribution in [1.82, 2.24) is 15.1 Å². The molecular formula is C29H37ClN4O4S. The maximum absolute atomic E-state index is 13.4. The number of aromatic nitrogens is 2. The molecule has 2 aromatic carbocycles. The van der Waals surface area contributed by atoms with Crippen LogP contribution >= 0.6 is 22.9 Å². The lowest BCUT2D eigenvalue weighted by atomic mass is 9.96. The van der Waals surface area contributed by atoms with Crippen LogP contribution in [0.2, 0.25) is 5.02 Å². The first-order valence-corrected chi connectivity index (χ1v) is 14.6. The maximum Gasteiger partial charge on any atom is 0.261 e. The number of halogens is 1. The van der Waals surface area contributed by atoms with Gasteiger partial charge in [-0.3, -0.25) is 14.6 Å². The van der Waals surface area contributed by atoms with Crippen LogP contribution in [-0.4, -0.2) is 70.3 Å². The van der Waals surface area contributed by atoms with Crippen molar-refractivity contribution in [3.05, 3.63) is 58.1 Å². The van der Waals surface area contributed by atoms with E-state index in [1.165, 1.54) is 11.3 Å². The van der Waals surface area contributed by atoms with E-state index in [0.29, 0.717) is 28.9 Å². The molecule has 1 aromatic heterocycles. The van der Waals surface area contributed by atoms with E-state index in [1.807, 2.05) is 26.0 Å². The first kappa shape index (κ1) is 29.4. The van der Waals surface area contributed by atoms with E-state index < -0.39 is 6.29 Å². The number of piperidine rings is 1. The summed E-state index contributed by atoms with van der Waals surface area (Å²) in [4.78, 5) is 17.4. The minimum atomic E-state index is -1.22. The number of likely N-dealkylation sites (tertiary alicyclic amines) is 1. The van der Waals surface area contributed by atoms with Crippen LogP contribution in [0.4, 0.5) is 5.13 Å². The molecule has 10 heteroatoms. The minimum absolute atomic E-state index is 0.0354. The summed E-state index contributed by atoms with van der Waals surface area (Å²) in [6.07, 6.45) is 0.345. The largest absolute Gasteiger partial charge is 0.492 e. The molecule has 0 unspecified atom stereocenters. The van der Waals surface area contributed by atoms with Gasteiger partial charge in [0.1, 0.15) is 17.4 Å². The summed E-state index contributed by atoms with van der Waals surface area (Å²) < 4.78 is 6.18. The normalized spacial score (nSPS) is 14.8. The molecular weight excluding hydrogens is 536 g/mol. The Bertz CT molecular complexity index is 1250. The van der Waals surface area contributed by atoms with Crippen molar-refractivity contribution in [3.63, 3.8) is 0 Å². The molecule has 0 spiro atoms. The number of carbonyl (C=O) groups is 1. The zero-order valence-electron chi connectivity index (χ0n) is 22.9. The number of aryl methyl sites for hydroxylation is 2. The van der Waals surface area contributed by atoms with Crippen LogP contribution in [-0.2, 0) is 0 Å². The van der Waals surface area contributed by atoms with Crippen LogP contribution in [0.25, 0.3) is 10.6 Å². The van der Waals surface area contributed by atoms with Crippen LogP contribution in [0.15, 0.2) is 36.4 Å². The number of aliphatic hydroxyl groups excluding tert-OH is 1. The lowest BCUT2D eigenvalue weighted by Crippen LogP contribution is -2.39. The quantitative estimate of drug-likeness (QED) is 0.323. The number of hydrogen-bond donors (Lipinski definition) is 2. The monoisotopic (exact) mass is 572 g/mol. The predicted octanol–water partition coefficient (Wildman–Crippen LogP) is 5.18. The van der Waals surface area contributed by atoms with Crippen LogP contribution in [0, 0.1) is 25.7 Å². The summed E-state index contributed by atoms with van der Waals surface area (Å²) in [6, 6.07) is 11.1. The minimum Gasteiger partial charge on any atom is -0.492 e. The third kappa shape index (κ3) is 7.35. The fraction of sp³-hybridized carbons (Fsp3) is 0.483. The van der Waals surface area contributed by atoms with Gasteiger partial charge >= 0.3 is 0 Å². The van der Waals surface area contributed by atoms with Crippen LogP contribution in [0.5, 0.6) is 5.75 Å². The predicted molar refractivity (Wildman–Crippen MR) is 156 cm³/mol. The van der Waals surface area contributed by atoms with Crippen LogP contribution < -0.4 is 9.64 Å². The van der Waals surface area contributed by atoms with Crippen molar-refractivity contribution in [1.29, 1.82) is 0 Å². The smallest absolute Gasteiger partial charge is 0.261 e. The Balaban J connectivity index is 1.45. The van der Waals surface area contributed by atoms with E-state index in [2.05, 4.69) is 28.9 Å². The van der Waals surface area contributed by atoms with E-state index in [0.717, 1.165) is 59.9 Å². The lowest BCUT2D eigenvalue weighted by molar-refractivity contribution is -0.0983. The summed E-state index contributed by atoms with van der Waals surface area (Å²) in [6.45, 7) is 11.7. The first-order chi connectivity index (χ1) is 18.6. The Morgan fingerprint density at radius 3 is 2.44 bits per heavy atom. The number of anilines is 1. The van der Waals surface area contributed by atoms with E-state index >= 15 is 0 Å². The Kier molecular flexibility index (Phi) is 9.96. The van der Waals surface area contributed by atoms with Crippen molar-refractivity contribution in [3.8, 4) is 16.3 Å². The maximum atomic E-state index is 13.4. The molecule has 0 radical (unpaired) electrons. The summed E-state index contributed by atoms with van der Waals surface area (Å²) >= 11 is 7.71. The number of carbonyl (C=O) groups excluding carboxylic acids is 1. The number of hydrogen-bond acceptors (Lipinski definition) is 8. The molecule has 3 aromatic rings. The van der Waals surface area contributed by atoms with Crippen LogP contribution in [0.3, 0.4) is 0 Å². The zero-order valence-corrected chi connectivity index (χ0v) is 24.5. The molecule has 1 saturated heterocycles. The highest BCUT2D eigenvalue weighted by molar-refractivity contribution is 7.18. The Morgan fingerprint density at radius 2 is 1.82 bits per heavy atom. The average molecular weight is 573 g/mol. The zero-order chi connectivity index (χ0) is 28.1. The van der Waals surface area contributed by atoms with Gasteiger partial charge in [-0.05, 0) is 81.1 Å². The molecule has 0 atom stereocenters. The van der Waals surface area contributed by atoms with Crippen molar-refractivity contribution in [2.75, 3.05) is 37.7 Å².